The minimum absolute atomic E-state index is 0.0193. The number of rotatable bonds is 6. The summed E-state index contributed by atoms with van der Waals surface area (Å²) in [6, 6.07) is 8.42. The van der Waals surface area contributed by atoms with Gasteiger partial charge in [-0.15, -0.1) is 0 Å². The summed E-state index contributed by atoms with van der Waals surface area (Å²) in [5, 5.41) is 12.7. The van der Waals surface area contributed by atoms with E-state index in [1.165, 1.54) is 5.56 Å². The molecule has 0 bridgehead atoms. The van der Waals surface area contributed by atoms with E-state index in [4.69, 9.17) is 4.74 Å². The minimum atomic E-state index is -0.0193. The minimum Gasteiger partial charge on any atom is -0.394 e. The Hall–Kier alpha value is -0.900. The molecule has 0 spiro atoms. The van der Waals surface area contributed by atoms with Gasteiger partial charge in [0.25, 0.3) is 0 Å². The van der Waals surface area contributed by atoms with Gasteiger partial charge in [-0.2, -0.15) is 0 Å². The van der Waals surface area contributed by atoms with E-state index < -0.39 is 0 Å². The van der Waals surface area contributed by atoms with Crippen LogP contribution in [0.5, 0.6) is 0 Å². The fourth-order valence-electron chi connectivity index (χ4n) is 1.84. The summed E-state index contributed by atoms with van der Waals surface area (Å²) in [6.07, 6.45) is 0. The molecular formula is C15H25NO2. The van der Waals surface area contributed by atoms with E-state index in [2.05, 4.69) is 50.4 Å². The maximum absolute atomic E-state index is 9.40. The van der Waals surface area contributed by atoms with Crippen LogP contribution in [0.3, 0.4) is 0 Å². The lowest BCUT2D eigenvalue weighted by molar-refractivity contribution is 0.184. The van der Waals surface area contributed by atoms with Gasteiger partial charge in [-0.3, -0.25) is 0 Å². The first kappa shape index (κ1) is 15.2. The molecule has 2 N–H and O–H groups in total. The predicted molar refractivity (Wildman–Crippen MR) is 74.8 cm³/mol. The second kappa shape index (κ2) is 6.88. The van der Waals surface area contributed by atoms with Gasteiger partial charge in [-0.25, -0.2) is 0 Å². The third kappa shape index (κ3) is 4.41. The molecule has 0 saturated carbocycles. The summed E-state index contributed by atoms with van der Waals surface area (Å²) < 4.78 is 4.99. The van der Waals surface area contributed by atoms with E-state index in [1.807, 2.05) is 0 Å². The molecule has 0 aliphatic rings. The van der Waals surface area contributed by atoms with Crippen LogP contribution in [0.25, 0.3) is 0 Å². The van der Waals surface area contributed by atoms with Crippen molar-refractivity contribution in [1.82, 2.24) is 5.32 Å². The Balaban J connectivity index is 2.69. The van der Waals surface area contributed by atoms with Crippen molar-refractivity contribution >= 4 is 0 Å². The number of aliphatic hydroxyl groups excluding tert-OH is 1. The Kier molecular flexibility index (Phi) is 5.79. The summed E-state index contributed by atoms with van der Waals surface area (Å²) in [4.78, 5) is 0. The van der Waals surface area contributed by atoms with Crippen LogP contribution >= 0.6 is 0 Å². The number of nitrogens with one attached hydrogen (secondary N) is 1. The molecule has 0 aromatic heterocycles. The number of aliphatic hydroxyl groups is 1. The summed E-state index contributed by atoms with van der Waals surface area (Å²) in [5.41, 5.74) is 2.58. The quantitative estimate of drug-likeness (QED) is 0.762. The van der Waals surface area contributed by atoms with E-state index >= 15 is 0 Å². The highest BCUT2D eigenvalue weighted by Gasteiger charge is 2.15. The molecule has 0 amide bonds. The van der Waals surface area contributed by atoms with Gasteiger partial charge in [-0.05, 0) is 16.5 Å². The SMILES string of the molecule is COCCNC(CO)c1ccc(C(C)(C)C)cc1. The smallest absolute Gasteiger partial charge is 0.0626 e. The van der Waals surface area contributed by atoms with Gasteiger partial charge in [-0.1, -0.05) is 45.0 Å². The number of hydrogen-bond acceptors (Lipinski definition) is 3. The van der Waals surface area contributed by atoms with Crippen LogP contribution in [0.1, 0.15) is 37.9 Å². The van der Waals surface area contributed by atoms with Crippen molar-refractivity contribution in [2.45, 2.75) is 32.2 Å². The molecule has 1 unspecified atom stereocenters. The molecule has 0 aliphatic carbocycles. The second-order valence-electron chi connectivity index (χ2n) is 5.55. The van der Waals surface area contributed by atoms with Gasteiger partial charge < -0.3 is 15.2 Å². The summed E-state index contributed by atoms with van der Waals surface area (Å²) in [6.45, 7) is 8.07. The van der Waals surface area contributed by atoms with E-state index in [1.54, 1.807) is 7.11 Å². The fraction of sp³-hybridized carbons (Fsp3) is 0.600. The monoisotopic (exact) mass is 251 g/mol. The Labute approximate surface area is 110 Å². The number of benzene rings is 1. The van der Waals surface area contributed by atoms with Gasteiger partial charge in [0.05, 0.1) is 19.3 Å². The van der Waals surface area contributed by atoms with E-state index in [0.717, 1.165) is 12.1 Å². The molecule has 0 fully saturated rings. The Morgan fingerprint density at radius 3 is 2.28 bits per heavy atom. The lowest BCUT2D eigenvalue weighted by Gasteiger charge is -2.21. The summed E-state index contributed by atoms with van der Waals surface area (Å²) in [5.74, 6) is 0. The molecule has 1 aromatic carbocycles. The van der Waals surface area contributed by atoms with Crippen molar-refractivity contribution in [1.29, 1.82) is 0 Å². The molecule has 0 heterocycles. The standard InChI is InChI=1S/C15H25NO2/c1-15(2,3)13-7-5-12(6-8-13)14(11-17)16-9-10-18-4/h5-8,14,16-17H,9-11H2,1-4H3. The average Bonchev–Trinajstić information content (AvgIpc) is 2.34. The maximum Gasteiger partial charge on any atom is 0.0626 e. The van der Waals surface area contributed by atoms with Crippen LogP contribution in [0, 0.1) is 0 Å². The predicted octanol–water partition coefficient (Wildman–Crippen LogP) is 2.25. The Morgan fingerprint density at radius 2 is 1.83 bits per heavy atom. The van der Waals surface area contributed by atoms with Crippen molar-refractivity contribution < 1.29 is 9.84 Å². The van der Waals surface area contributed by atoms with Gasteiger partial charge in [0, 0.05) is 13.7 Å². The zero-order valence-corrected chi connectivity index (χ0v) is 11.9. The van der Waals surface area contributed by atoms with Crippen molar-refractivity contribution in [3.63, 3.8) is 0 Å². The van der Waals surface area contributed by atoms with Gasteiger partial charge in [0.1, 0.15) is 0 Å². The lowest BCUT2D eigenvalue weighted by atomic mass is 9.86. The highest BCUT2D eigenvalue weighted by molar-refractivity contribution is 5.29. The largest absolute Gasteiger partial charge is 0.394 e. The first-order valence-corrected chi connectivity index (χ1v) is 6.42. The second-order valence-corrected chi connectivity index (χ2v) is 5.55. The first-order valence-electron chi connectivity index (χ1n) is 6.42. The van der Waals surface area contributed by atoms with Crippen LogP contribution in [0.15, 0.2) is 24.3 Å². The molecule has 1 aromatic rings. The number of hydrogen-bond donors (Lipinski definition) is 2. The van der Waals surface area contributed by atoms with Gasteiger partial charge in [0.15, 0.2) is 0 Å². The van der Waals surface area contributed by atoms with Crippen LogP contribution in [-0.2, 0) is 10.2 Å². The third-order valence-electron chi connectivity index (χ3n) is 3.06. The van der Waals surface area contributed by atoms with Crippen molar-refractivity contribution in [2.75, 3.05) is 26.9 Å². The number of ether oxygens (including phenoxy) is 1. The third-order valence-corrected chi connectivity index (χ3v) is 3.06. The molecule has 0 saturated heterocycles. The van der Waals surface area contributed by atoms with E-state index in [0.29, 0.717) is 6.61 Å². The number of methoxy groups -OCH3 is 1. The van der Waals surface area contributed by atoms with Crippen molar-refractivity contribution in [3.05, 3.63) is 35.4 Å². The summed E-state index contributed by atoms with van der Waals surface area (Å²) in [7, 11) is 1.67. The van der Waals surface area contributed by atoms with Crippen molar-refractivity contribution in [2.24, 2.45) is 0 Å². The Bertz CT molecular complexity index is 341. The highest BCUT2D eigenvalue weighted by Crippen LogP contribution is 2.23. The maximum atomic E-state index is 9.40. The average molecular weight is 251 g/mol. The molecule has 0 aliphatic heterocycles. The molecule has 3 nitrogen and oxygen atoms in total. The zero-order valence-electron chi connectivity index (χ0n) is 11.9. The molecule has 18 heavy (non-hydrogen) atoms. The normalized spacial score (nSPS) is 13.6. The first-order chi connectivity index (χ1) is 8.49. The van der Waals surface area contributed by atoms with Crippen molar-refractivity contribution in [3.8, 4) is 0 Å². The molecule has 0 radical (unpaired) electrons. The van der Waals surface area contributed by atoms with E-state index in [-0.39, 0.29) is 18.1 Å². The fourth-order valence-corrected chi connectivity index (χ4v) is 1.84. The molecule has 102 valence electrons. The van der Waals surface area contributed by atoms with E-state index in [9.17, 15) is 5.11 Å². The van der Waals surface area contributed by atoms with Crippen LogP contribution in [-0.4, -0.2) is 32.0 Å². The van der Waals surface area contributed by atoms with Gasteiger partial charge in [0.2, 0.25) is 0 Å². The zero-order chi connectivity index (χ0) is 13.6. The summed E-state index contributed by atoms with van der Waals surface area (Å²) >= 11 is 0. The molecular weight excluding hydrogens is 226 g/mol. The Morgan fingerprint density at radius 1 is 1.22 bits per heavy atom. The lowest BCUT2D eigenvalue weighted by Crippen LogP contribution is -2.27. The van der Waals surface area contributed by atoms with Crippen LogP contribution < -0.4 is 5.32 Å². The molecule has 1 atom stereocenters. The molecule has 1 rings (SSSR count). The van der Waals surface area contributed by atoms with Gasteiger partial charge >= 0.3 is 0 Å². The highest BCUT2D eigenvalue weighted by atomic mass is 16.5. The molecule has 3 heteroatoms. The topological polar surface area (TPSA) is 41.5 Å². The van der Waals surface area contributed by atoms with Crippen LogP contribution in [0.4, 0.5) is 0 Å². The van der Waals surface area contributed by atoms with Crippen LogP contribution in [0.2, 0.25) is 0 Å².